The molecule has 0 aliphatic rings. The second-order valence-electron chi connectivity index (χ2n) is 4.01. The van der Waals surface area contributed by atoms with Crippen LogP contribution in [0, 0.1) is 6.92 Å². The number of aromatic nitrogens is 2. The molecule has 0 fully saturated rings. The van der Waals surface area contributed by atoms with Gasteiger partial charge in [0.2, 0.25) is 5.76 Å². The van der Waals surface area contributed by atoms with Crippen LogP contribution in [0.3, 0.4) is 0 Å². The number of H-pyrrole nitrogens is 1. The number of aryl methyl sites for hydroxylation is 1. The summed E-state index contributed by atoms with van der Waals surface area (Å²) in [6, 6.07) is 2.77. The van der Waals surface area contributed by atoms with E-state index in [2.05, 4.69) is 9.97 Å². The summed E-state index contributed by atoms with van der Waals surface area (Å²) in [5, 5.41) is 17.9. The number of nitrogens with zero attached hydrogens (tertiary/aromatic N) is 1. The zero-order chi connectivity index (χ0) is 15.6. The third-order valence-electron chi connectivity index (χ3n) is 2.52. The zero-order valence-electron chi connectivity index (χ0n) is 10.7. The van der Waals surface area contributed by atoms with Crippen LogP contribution in [0.2, 0.25) is 0 Å². The highest BCUT2D eigenvalue weighted by molar-refractivity contribution is 7.98. The first kappa shape index (κ1) is 14.9. The van der Waals surface area contributed by atoms with Crippen molar-refractivity contribution in [3.8, 4) is 0 Å². The fourth-order valence-corrected chi connectivity index (χ4v) is 2.59. The van der Waals surface area contributed by atoms with Gasteiger partial charge in [-0.1, -0.05) is 11.8 Å². The number of furan rings is 1. The van der Waals surface area contributed by atoms with Crippen molar-refractivity contribution in [2.75, 3.05) is 0 Å². The third-order valence-corrected chi connectivity index (χ3v) is 3.52. The first-order chi connectivity index (χ1) is 9.88. The molecule has 3 N–H and O–H groups in total. The summed E-state index contributed by atoms with van der Waals surface area (Å²) in [5.74, 6) is -2.11. The number of carboxylic acid groups (broad SMARTS) is 2. The molecule has 0 saturated heterocycles. The Bertz CT molecular complexity index is 763. The smallest absolute Gasteiger partial charge is 0.371 e. The Morgan fingerprint density at radius 2 is 2.05 bits per heavy atom. The highest BCUT2D eigenvalue weighted by Crippen LogP contribution is 2.25. The van der Waals surface area contributed by atoms with Gasteiger partial charge in [-0.05, 0) is 19.1 Å². The Hall–Kier alpha value is -2.55. The van der Waals surface area contributed by atoms with E-state index in [1.165, 1.54) is 19.1 Å². The summed E-state index contributed by atoms with van der Waals surface area (Å²) in [4.78, 5) is 39.1. The van der Waals surface area contributed by atoms with E-state index in [-0.39, 0.29) is 27.8 Å². The molecule has 0 saturated carbocycles. The summed E-state index contributed by atoms with van der Waals surface area (Å²) in [7, 11) is 0. The van der Waals surface area contributed by atoms with Crippen molar-refractivity contribution in [3.63, 3.8) is 0 Å². The van der Waals surface area contributed by atoms with Gasteiger partial charge < -0.3 is 19.6 Å². The van der Waals surface area contributed by atoms with Crippen molar-refractivity contribution in [3.05, 3.63) is 45.4 Å². The van der Waals surface area contributed by atoms with Gasteiger partial charge in [0, 0.05) is 5.69 Å². The molecule has 110 valence electrons. The van der Waals surface area contributed by atoms with Crippen molar-refractivity contribution in [2.45, 2.75) is 17.7 Å². The minimum Gasteiger partial charge on any atom is -0.478 e. The normalized spacial score (nSPS) is 10.5. The van der Waals surface area contributed by atoms with E-state index in [0.717, 1.165) is 11.8 Å². The standard InChI is InChI=1S/C12H10N2O6S/c1-5-8(11(17)18)9(14-12(19)13-5)21-4-6-2-3-7(20-6)10(15)16/h2-3H,4H2,1H3,(H,15,16)(H,17,18)(H,13,14,19). The summed E-state index contributed by atoms with van der Waals surface area (Å²) in [6.45, 7) is 1.46. The van der Waals surface area contributed by atoms with Gasteiger partial charge in [-0.15, -0.1) is 0 Å². The van der Waals surface area contributed by atoms with Crippen molar-refractivity contribution in [1.82, 2.24) is 9.97 Å². The summed E-state index contributed by atoms with van der Waals surface area (Å²) in [6.07, 6.45) is 0. The molecule has 9 heteroatoms. The van der Waals surface area contributed by atoms with Crippen molar-refractivity contribution >= 4 is 23.7 Å². The van der Waals surface area contributed by atoms with Gasteiger partial charge in [-0.2, -0.15) is 4.98 Å². The van der Waals surface area contributed by atoms with Crippen LogP contribution in [-0.2, 0) is 5.75 Å². The Morgan fingerprint density at radius 3 is 2.62 bits per heavy atom. The highest BCUT2D eigenvalue weighted by atomic mass is 32.2. The number of carbonyl (C=O) groups is 2. The fourth-order valence-electron chi connectivity index (χ4n) is 1.63. The molecule has 21 heavy (non-hydrogen) atoms. The van der Waals surface area contributed by atoms with Crippen LogP contribution in [0.25, 0.3) is 0 Å². The van der Waals surface area contributed by atoms with Crippen LogP contribution in [-0.4, -0.2) is 32.1 Å². The SMILES string of the molecule is Cc1[nH]c(=O)nc(SCc2ccc(C(=O)O)o2)c1C(=O)O. The van der Waals surface area contributed by atoms with E-state index in [4.69, 9.17) is 14.6 Å². The molecule has 0 aliphatic heterocycles. The molecule has 2 heterocycles. The predicted octanol–water partition coefficient (Wildman–Crippen LogP) is 1.36. The molecule has 0 atom stereocenters. The largest absolute Gasteiger partial charge is 0.478 e. The second-order valence-corrected chi connectivity index (χ2v) is 4.98. The van der Waals surface area contributed by atoms with Crippen LogP contribution in [0.4, 0.5) is 0 Å². The lowest BCUT2D eigenvalue weighted by Gasteiger charge is -2.05. The molecule has 2 aromatic heterocycles. The lowest BCUT2D eigenvalue weighted by atomic mass is 10.2. The van der Waals surface area contributed by atoms with Gasteiger partial charge in [-0.3, -0.25) is 0 Å². The van der Waals surface area contributed by atoms with Crippen LogP contribution in [0.5, 0.6) is 0 Å². The van der Waals surface area contributed by atoms with Crippen LogP contribution in [0.15, 0.2) is 26.4 Å². The van der Waals surface area contributed by atoms with Gasteiger partial charge in [0.05, 0.1) is 5.75 Å². The molecular formula is C12H10N2O6S. The monoisotopic (exact) mass is 310 g/mol. The number of nitrogens with one attached hydrogen (secondary N) is 1. The number of rotatable bonds is 5. The Kier molecular flexibility index (Phi) is 4.13. The Balaban J connectivity index is 2.25. The number of aromatic carboxylic acids is 2. The van der Waals surface area contributed by atoms with Crippen LogP contribution in [0.1, 0.15) is 32.4 Å². The maximum absolute atomic E-state index is 11.3. The molecule has 8 nitrogen and oxygen atoms in total. The van der Waals surface area contributed by atoms with Crippen molar-refractivity contribution in [1.29, 1.82) is 0 Å². The quantitative estimate of drug-likeness (QED) is 0.556. The van der Waals surface area contributed by atoms with E-state index < -0.39 is 17.6 Å². The van der Waals surface area contributed by atoms with Gasteiger partial charge >= 0.3 is 17.6 Å². The maximum Gasteiger partial charge on any atom is 0.371 e. The average molecular weight is 310 g/mol. The lowest BCUT2D eigenvalue weighted by molar-refractivity contribution is 0.0658. The minimum atomic E-state index is -1.20. The van der Waals surface area contributed by atoms with Crippen molar-refractivity contribution < 1.29 is 24.2 Å². The Morgan fingerprint density at radius 1 is 1.33 bits per heavy atom. The molecule has 2 aromatic rings. The molecule has 0 aromatic carbocycles. The number of hydrogen-bond donors (Lipinski definition) is 3. The predicted molar refractivity (Wildman–Crippen MR) is 71.8 cm³/mol. The summed E-state index contributed by atoms with van der Waals surface area (Å²) < 4.78 is 5.05. The fraction of sp³-hybridized carbons (Fsp3) is 0.167. The van der Waals surface area contributed by atoms with E-state index in [1.54, 1.807) is 0 Å². The lowest BCUT2D eigenvalue weighted by Crippen LogP contribution is -2.18. The van der Waals surface area contributed by atoms with Gasteiger partial charge in [-0.25, -0.2) is 14.4 Å². The summed E-state index contributed by atoms with van der Waals surface area (Å²) >= 11 is 0.983. The van der Waals surface area contributed by atoms with Gasteiger partial charge in [0.15, 0.2) is 0 Å². The third kappa shape index (κ3) is 3.31. The molecule has 0 amide bonds. The highest BCUT2D eigenvalue weighted by Gasteiger charge is 2.18. The van der Waals surface area contributed by atoms with E-state index in [0.29, 0.717) is 5.76 Å². The average Bonchev–Trinajstić information content (AvgIpc) is 2.83. The minimum absolute atomic E-state index is 0.0528. The molecule has 0 unspecified atom stereocenters. The Labute approximate surface area is 121 Å². The molecule has 2 rings (SSSR count). The van der Waals surface area contributed by atoms with E-state index >= 15 is 0 Å². The maximum atomic E-state index is 11.3. The first-order valence-corrected chi connectivity index (χ1v) is 6.66. The number of hydrogen-bond acceptors (Lipinski definition) is 6. The molecule has 0 bridgehead atoms. The zero-order valence-corrected chi connectivity index (χ0v) is 11.6. The van der Waals surface area contributed by atoms with E-state index in [1.807, 2.05) is 0 Å². The molecule has 0 spiro atoms. The molecule has 0 radical (unpaired) electrons. The number of aromatic amines is 1. The van der Waals surface area contributed by atoms with Crippen LogP contribution >= 0.6 is 11.8 Å². The van der Waals surface area contributed by atoms with Gasteiger partial charge in [0.1, 0.15) is 16.3 Å². The van der Waals surface area contributed by atoms with E-state index in [9.17, 15) is 14.4 Å². The molecular weight excluding hydrogens is 300 g/mol. The van der Waals surface area contributed by atoms with Gasteiger partial charge in [0.25, 0.3) is 0 Å². The first-order valence-electron chi connectivity index (χ1n) is 5.67. The number of thioether (sulfide) groups is 1. The number of carboxylic acids is 2. The van der Waals surface area contributed by atoms with Crippen LogP contribution < -0.4 is 5.69 Å². The summed E-state index contributed by atoms with van der Waals surface area (Å²) in [5.41, 5.74) is -0.536. The molecule has 0 aliphatic carbocycles. The topological polar surface area (TPSA) is 133 Å². The van der Waals surface area contributed by atoms with Crippen molar-refractivity contribution in [2.24, 2.45) is 0 Å². The second kappa shape index (κ2) is 5.83.